The zero-order valence-electron chi connectivity index (χ0n) is 10.6. The quantitative estimate of drug-likeness (QED) is 0.759. The predicted molar refractivity (Wildman–Crippen MR) is 71.9 cm³/mol. The first-order valence-electron chi connectivity index (χ1n) is 5.76. The van der Waals surface area contributed by atoms with E-state index >= 15 is 0 Å². The van der Waals surface area contributed by atoms with Gasteiger partial charge in [0.15, 0.2) is 17.0 Å². The minimum Gasteiger partial charge on any atom is -0.452 e. The van der Waals surface area contributed by atoms with Crippen molar-refractivity contribution in [2.24, 2.45) is 0 Å². The maximum atomic E-state index is 12.2. The summed E-state index contributed by atoms with van der Waals surface area (Å²) < 4.78 is 5.62. The normalized spacial score (nSPS) is 11.3. The molecule has 0 spiro atoms. The van der Waals surface area contributed by atoms with Crippen LogP contribution < -0.4 is 5.43 Å². The first kappa shape index (κ1) is 12.3. The maximum absolute atomic E-state index is 12.2. The molecule has 0 unspecified atom stereocenters. The standard InChI is InChI=1S/C15H14O3/c1-4-6-11-7-5-8-12-13(17)9(2)14(10(3)16)18-15(11)12/h4-8H,1-3H3/b6-4+. The highest BCUT2D eigenvalue weighted by Crippen LogP contribution is 2.21. The average molecular weight is 242 g/mol. The van der Waals surface area contributed by atoms with E-state index < -0.39 is 0 Å². The Morgan fingerprint density at radius 3 is 2.67 bits per heavy atom. The first-order valence-corrected chi connectivity index (χ1v) is 5.76. The van der Waals surface area contributed by atoms with Gasteiger partial charge >= 0.3 is 0 Å². The lowest BCUT2D eigenvalue weighted by atomic mass is 10.1. The summed E-state index contributed by atoms with van der Waals surface area (Å²) in [6.45, 7) is 4.90. The number of ketones is 1. The molecule has 0 atom stereocenters. The number of para-hydroxylation sites is 1. The number of carbonyl (C=O) groups is 1. The van der Waals surface area contributed by atoms with E-state index in [1.165, 1.54) is 6.92 Å². The number of allylic oxidation sites excluding steroid dienone is 1. The molecule has 0 bridgehead atoms. The third-order valence-corrected chi connectivity index (χ3v) is 2.84. The van der Waals surface area contributed by atoms with Crippen molar-refractivity contribution in [2.45, 2.75) is 20.8 Å². The number of benzene rings is 1. The summed E-state index contributed by atoms with van der Waals surface area (Å²) in [5, 5.41) is 0.508. The lowest BCUT2D eigenvalue weighted by Crippen LogP contribution is -2.11. The summed E-state index contributed by atoms with van der Waals surface area (Å²) in [7, 11) is 0. The molecule has 3 nitrogen and oxygen atoms in total. The second kappa shape index (κ2) is 4.61. The number of Topliss-reactive ketones (excluding diaryl/α,β-unsaturated/α-hetero) is 1. The minimum atomic E-state index is -0.234. The Balaban J connectivity index is 2.96. The largest absolute Gasteiger partial charge is 0.452 e. The molecule has 2 rings (SSSR count). The zero-order chi connectivity index (χ0) is 13.3. The van der Waals surface area contributed by atoms with Crippen molar-refractivity contribution in [1.29, 1.82) is 0 Å². The average Bonchev–Trinajstić information content (AvgIpc) is 2.34. The van der Waals surface area contributed by atoms with E-state index in [4.69, 9.17) is 4.42 Å². The van der Waals surface area contributed by atoms with E-state index in [9.17, 15) is 9.59 Å². The molecule has 92 valence electrons. The molecule has 0 N–H and O–H groups in total. The van der Waals surface area contributed by atoms with Gasteiger partial charge in [0.1, 0.15) is 5.58 Å². The Morgan fingerprint density at radius 1 is 1.33 bits per heavy atom. The molecular weight excluding hydrogens is 228 g/mol. The van der Waals surface area contributed by atoms with Crippen molar-refractivity contribution < 1.29 is 9.21 Å². The van der Waals surface area contributed by atoms with Crippen LogP contribution in [-0.4, -0.2) is 5.78 Å². The van der Waals surface area contributed by atoms with E-state index in [-0.39, 0.29) is 17.0 Å². The van der Waals surface area contributed by atoms with Gasteiger partial charge in [-0.1, -0.05) is 24.3 Å². The van der Waals surface area contributed by atoms with Crippen molar-refractivity contribution in [3.05, 3.63) is 51.4 Å². The Kier molecular flexibility index (Phi) is 3.15. The second-order valence-corrected chi connectivity index (χ2v) is 4.17. The summed E-state index contributed by atoms with van der Waals surface area (Å²) in [5.41, 5.74) is 1.49. The van der Waals surface area contributed by atoms with Crippen LogP contribution in [0.2, 0.25) is 0 Å². The van der Waals surface area contributed by atoms with Crippen LogP contribution in [0.25, 0.3) is 17.0 Å². The van der Waals surface area contributed by atoms with Gasteiger partial charge in [0.2, 0.25) is 0 Å². The van der Waals surface area contributed by atoms with Crippen molar-refractivity contribution in [3.63, 3.8) is 0 Å². The lowest BCUT2D eigenvalue weighted by Gasteiger charge is -2.06. The van der Waals surface area contributed by atoms with Crippen molar-refractivity contribution in [3.8, 4) is 0 Å². The third kappa shape index (κ3) is 1.88. The van der Waals surface area contributed by atoms with Crippen LogP contribution in [0.15, 0.2) is 33.5 Å². The van der Waals surface area contributed by atoms with Gasteiger partial charge in [0.05, 0.1) is 5.39 Å². The van der Waals surface area contributed by atoms with Crippen molar-refractivity contribution in [2.75, 3.05) is 0 Å². The fourth-order valence-corrected chi connectivity index (χ4v) is 1.98. The number of fused-ring (bicyclic) bond motifs is 1. The van der Waals surface area contributed by atoms with Gasteiger partial charge in [-0.25, -0.2) is 0 Å². The van der Waals surface area contributed by atoms with Crippen LogP contribution in [0.5, 0.6) is 0 Å². The molecule has 1 aromatic carbocycles. The fraction of sp³-hybridized carbons (Fsp3) is 0.200. The predicted octanol–water partition coefficient (Wildman–Crippen LogP) is 3.34. The molecule has 3 heteroatoms. The Hall–Kier alpha value is -2.16. The molecule has 2 aromatic rings. The SMILES string of the molecule is C/C=C/c1cccc2c(=O)c(C)c(C(C)=O)oc12. The molecule has 1 heterocycles. The number of rotatable bonds is 2. The molecule has 0 saturated carbocycles. The highest BCUT2D eigenvalue weighted by molar-refractivity contribution is 5.95. The topological polar surface area (TPSA) is 47.3 Å². The van der Waals surface area contributed by atoms with Gasteiger partial charge in [-0.2, -0.15) is 0 Å². The van der Waals surface area contributed by atoms with E-state index in [2.05, 4.69) is 0 Å². The van der Waals surface area contributed by atoms with E-state index in [0.717, 1.165) is 5.56 Å². The smallest absolute Gasteiger partial charge is 0.196 e. The number of hydrogen-bond donors (Lipinski definition) is 0. The van der Waals surface area contributed by atoms with Crippen molar-refractivity contribution in [1.82, 2.24) is 0 Å². The van der Waals surface area contributed by atoms with Gasteiger partial charge in [0.25, 0.3) is 0 Å². The lowest BCUT2D eigenvalue weighted by molar-refractivity contribution is 0.0987. The number of hydrogen-bond acceptors (Lipinski definition) is 3. The van der Waals surface area contributed by atoms with E-state index in [0.29, 0.717) is 16.5 Å². The van der Waals surface area contributed by atoms with Crippen LogP contribution >= 0.6 is 0 Å². The summed E-state index contributed by atoms with van der Waals surface area (Å²) in [6, 6.07) is 5.37. The van der Waals surface area contributed by atoms with Crippen LogP contribution in [0, 0.1) is 6.92 Å². The molecule has 0 aliphatic carbocycles. The third-order valence-electron chi connectivity index (χ3n) is 2.84. The molecule has 0 fully saturated rings. The molecule has 1 aromatic heterocycles. The molecular formula is C15H14O3. The first-order chi connectivity index (χ1) is 8.56. The summed E-state index contributed by atoms with van der Waals surface area (Å²) in [4.78, 5) is 23.7. The second-order valence-electron chi connectivity index (χ2n) is 4.17. The van der Waals surface area contributed by atoms with Crippen LogP contribution in [-0.2, 0) is 0 Å². The maximum Gasteiger partial charge on any atom is 0.196 e. The number of carbonyl (C=O) groups excluding carboxylic acids is 1. The van der Waals surface area contributed by atoms with Gasteiger partial charge in [-0.05, 0) is 19.9 Å². The van der Waals surface area contributed by atoms with Crippen LogP contribution in [0.3, 0.4) is 0 Å². The Bertz CT molecular complexity index is 705. The zero-order valence-corrected chi connectivity index (χ0v) is 10.6. The van der Waals surface area contributed by atoms with Crippen LogP contribution in [0.1, 0.15) is 35.5 Å². The highest BCUT2D eigenvalue weighted by atomic mass is 16.3. The summed E-state index contributed by atoms with van der Waals surface area (Å²) >= 11 is 0. The van der Waals surface area contributed by atoms with Crippen LogP contribution in [0.4, 0.5) is 0 Å². The van der Waals surface area contributed by atoms with Gasteiger partial charge in [-0.3, -0.25) is 9.59 Å². The molecule has 0 amide bonds. The fourth-order valence-electron chi connectivity index (χ4n) is 1.98. The summed E-state index contributed by atoms with van der Waals surface area (Å²) in [6.07, 6.45) is 3.71. The van der Waals surface area contributed by atoms with Gasteiger partial charge < -0.3 is 4.42 Å². The highest BCUT2D eigenvalue weighted by Gasteiger charge is 2.15. The minimum absolute atomic E-state index is 0.143. The summed E-state index contributed by atoms with van der Waals surface area (Å²) in [5.74, 6) is -0.0914. The molecule has 0 aliphatic heterocycles. The van der Waals surface area contributed by atoms with E-state index in [1.54, 1.807) is 13.0 Å². The van der Waals surface area contributed by atoms with Gasteiger partial charge in [-0.15, -0.1) is 0 Å². The van der Waals surface area contributed by atoms with E-state index in [1.807, 2.05) is 31.2 Å². The molecule has 0 radical (unpaired) electrons. The Labute approximate surface area is 105 Å². The monoisotopic (exact) mass is 242 g/mol. The molecule has 0 aliphatic rings. The van der Waals surface area contributed by atoms with Gasteiger partial charge in [0, 0.05) is 18.1 Å². The Morgan fingerprint density at radius 2 is 2.06 bits per heavy atom. The molecule has 18 heavy (non-hydrogen) atoms. The van der Waals surface area contributed by atoms with Crippen molar-refractivity contribution >= 4 is 22.8 Å². The molecule has 0 saturated heterocycles.